The zero-order valence-electron chi connectivity index (χ0n) is 8.45. The molecule has 1 fully saturated rings. The summed E-state index contributed by atoms with van der Waals surface area (Å²) < 4.78 is 4.97. The fourth-order valence-corrected chi connectivity index (χ4v) is 2.59. The van der Waals surface area contributed by atoms with Crippen LogP contribution in [0.2, 0.25) is 0 Å². The van der Waals surface area contributed by atoms with E-state index in [0.29, 0.717) is 13.0 Å². The van der Waals surface area contributed by atoms with Crippen molar-refractivity contribution in [2.75, 3.05) is 6.61 Å². The highest BCUT2D eigenvalue weighted by Crippen LogP contribution is 2.43. The second-order valence-electron chi connectivity index (χ2n) is 3.99. The van der Waals surface area contributed by atoms with Gasteiger partial charge in [-0.3, -0.25) is 0 Å². The third-order valence-corrected chi connectivity index (χ3v) is 3.20. The molecule has 3 nitrogen and oxygen atoms in total. The van der Waals surface area contributed by atoms with Gasteiger partial charge in [0.15, 0.2) is 0 Å². The Balaban J connectivity index is 2.18. The first-order chi connectivity index (χ1) is 6.74. The number of aliphatic hydroxyl groups excluding tert-OH is 1. The normalized spacial score (nSPS) is 30.7. The maximum absolute atomic E-state index is 11.5. The van der Waals surface area contributed by atoms with Gasteiger partial charge in [0.2, 0.25) is 0 Å². The summed E-state index contributed by atoms with van der Waals surface area (Å²) >= 11 is 0. The predicted octanol–water partition coefficient (Wildman–Crippen LogP) is 1.41. The number of hydrogen-bond acceptors (Lipinski definition) is 3. The van der Waals surface area contributed by atoms with Crippen LogP contribution in [-0.4, -0.2) is 23.8 Å². The molecule has 0 aliphatic heterocycles. The van der Waals surface area contributed by atoms with E-state index in [-0.39, 0.29) is 18.0 Å². The van der Waals surface area contributed by atoms with Crippen molar-refractivity contribution in [3.05, 3.63) is 11.1 Å². The molecule has 0 unspecified atom stereocenters. The van der Waals surface area contributed by atoms with Crippen LogP contribution < -0.4 is 0 Å². The number of carbonyl (C=O) groups excluding carboxylic acids is 1. The summed E-state index contributed by atoms with van der Waals surface area (Å²) in [5, 5.41) is 9.74. The number of aliphatic hydroxyl groups is 1. The van der Waals surface area contributed by atoms with E-state index in [2.05, 4.69) is 0 Å². The van der Waals surface area contributed by atoms with E-state index in [0.717, 1.165) is 30.4 Å². The lowest BCUT2D eigenvalue weighted by Gasteiger charge is -2.09. The summed E-state index contributed by atoms with van der Waals surface area (Å²) in [6.07, 6.45) is 3.25. The van der Waals surface area contributed by atoms with Gasteiger partial charge in [0, 0.05) is 17.9 Å². The molecule has 0 aromatic carbocycles. The first-order valence-electron chi connectivity index (χ1n) is 5.31. The second-order valence-corrected chi connectivity index (χ2v) is 3.99. The molecule has 1 saturated carbocycles. The molecule has 2 aliphatic carbocycles. The average Bonchev–Trinajstić information content (AvgIpc) is 2.70. The maximum atomic E-state index is 11.5. The van der Waals surface area contributed by atoms with E-state index in [9.17, 15) is 9.90 Å². The van der Waals surface area contributed by atoms with Crippen molar-refractivity contribution in [3.8, 4) is 0 Å². The highest BCUT2D eigenvalue weighted by Gasteiger charge is 2.39. The number of esters is 1. The number of carbonyl (C=O) groups is 1. The van der Waals surface area contributed by atoms with Crippen LogP contribution in [0, 0.1) is 5.92 Å². The Morgan fingerprint density at radius 3 is 3.14 bits per heavy atom. The van der Waals surface area contributed by atoms with E-state index in [4.69, 9.17) is 4.74 Å². The van der Waals surface area contributed by atoms with Crippen molar-refractivity contribution in [1.29, 1.82) is 0 Å². The van der Waals surface area contributed by atoms with Crippen molar-refractivity contribution >= 4 is 5.97 Å². The Kier molecular flexibility index (Phi) is 2.59. The van der Waals surface area contributed by atoms with Crippen LogP contribution in [0.15, 0.2) is 11.1 Å². The summed E-state index contributed by atoms with van der Waals surface area (Å²) in [7, 11) is 0. The summed E-state index contributed by atoms with van der Waals surface area (Å²) in [6.45, 7) is 2.22. The Hall–Kier alpha value is -0.830. The van der Waals surface area contributed by atoms with Gasteiger partial charge >= 0.3 is 5.97 Å². The topological polar surface area (TPSA) is 46.5 Å². The molecule has 0 bridgehead atoms. The maximum Gasteiger partial charge on any atom is 0.334 e. The van der Waals surface area contributed by atoms with Crippen molar-refractivity contribution in [2.24, 2.45) is 5.92 Å². The molecule has 0 aromatic rings. The lowest BCUT2D eigenvalue weighted by atomic mass is 10.0. The summed E-state index contributed by atoms with van der Waals surface area (Å²) in [5.74, 6) is 0.0281. The van der Waals surface area contributed by atoms with Crippen LogP contribution >= 0.6 is 0 Å². The van der Waals surface area contributed by atoms with Gasteiger partial charge in [-0.05, 0) is 26.2 Å². The minimum atomic E-state index is -0.341. The molecule has 0 heterocycles. The van der Waals surface area contributed by atoms with Gasteiger partial charge in [-0.1, -0.05) is 5.57 Å². The fourth-order valence-electron chi connectivity index (χ4n) is 2.59. The molecule has 78 valence electrons. The van der Waals surface area contributed by atoms with Gasteiger partial charge in [0.25, 0.3) is 0 Å². The zero-order chi connectivity index (χ0) is 10.1. The van der Waals surface area contributed by atoms with E-state index < -0.39 is 0 Å². The molecule has 1 N–H and O–H groups in total. The fraction of sp³-hybridized carbons (Fsp3) is 0.727. The molecule has 0 amide bonds. The van der Waals surface area contributed by atoms with Gasteiger partial charge in [0.05, 0.1) is 12.7 Å². The predicted molar refractivity (Wildman–Crippen MR) is 51.6 cm³/mol. The highest BCUT2D eigenvalue weighted by molar-refractivity contribution is 5.90. The van der Waals surface area contributed by atoms with Crippen molar-refractivity contribution in [1.82, 2.24) is 0 Å². The molecule has 14 heavy (non-hydrogen) atoms. The highest BCUT2D eigenvalue weighted by atomic mass is 16.5. The number of ether oxygens (including phenoxy) is 1. The Morgan fingerprint density at radius 2 is 2.43 bits per heavy atom. The first kappa shape index (κ1) is 9.71. The lowest BCUT2D eigenvalue weighted by molar-refractivity contribution is -0.138. The molecule has 0 saturated heterocycles. The quantitative estimate of drug-likeness (QED) is 0.679. The molecule has 2 atom stereocenters. The molecule has 0 aromatic heterocycles. The van der Waals surface area contributed by atoms with Crippen LogP contribution in [0.5, 0.6) is 0 Å². The number of fused-ring (bicyclic) bond motifs is 1. The van der Waals surface area contributed by atoms with Gasteiger partial charge in [-0.15, -0.1) is 0 Å². The molecule has 3 heteroatoms. The Bertz CT molecular complexity index is 280. The SMILES string of the molecule is CCOC(=O)C1=C2CCC[C@@H]2[C@@H](O)C1. The molecular weight excluding hydrogens is 180 g/mol. The minimum absolute atomic E-state index is 0.217. The largest absolute Gasteiger partial charge is 0.463 e. The van der Waals surface area contributed by atoms with E-state index in [1.165, 1.54) is 0 Å². The number of rotatable bonds is 2. The monoisotopic (exact) mass is 196 g/mol. The second kappa shape index (κ2) is 3.73. The Morgan fingerprint density at radius 1 is 1.64 bits per heavy atom. The van der Waals surface area contributed by atoms with E-state index in [1.54, 1.807) is 6.92 Å². The minimum Gasteiger partial charge on any atom is -0.463 e. The zero-order valence-corrected chi connectivity index (χ0v) is 8.45. The lowest BCUT2D eigenvalue weighted by Crippen LogP contribution is -2.13. The summed E-state index contributed by atoms with van der Waals surface area (Å²) in [6, 6.07) is 0. The molecule has 0 radical (unpaired) electrons. The van der Waals surface area contributed by atoms with Crippen LogP contribution in [0.1, 0.15) is 32.6 Å². The molecule has 2 rings (SSSR count). The van der Waals surface area contributed by atoms with Crippen molar-refractivity contribution in [3.63, 3.8) is 0 Å². The molecular formula is C11H16O3. The average molecular weight is 196 g/mol. The summed E-state index contributed by atoms with van der Waals surface area (Å²) in [4.78, 5) is 11.5. The molecule has 2 aliphatic rings. The van der Waals surface area contributed by atoms with Gasteiger partial charge in [-0.25, -0.2) is 4.79 Å². The third-order valence-electron chi connectivity index (χ3n) is 3.20. The van der Waals surface area contributed by atoms with Crippen molar-refractivity contribution in [2.45, 2.75) is 38.7 Å². The van der Waals surface area contributed by atoms with Gasteiger partial charge in [-0.2, -0.15) is 0 Å². The van der Waals surface area contributed by atoms with Crippen LogP contribution in [0.25, 0.3) is 0 Å². The Labute approximate surface area is 83.8 Å². The van der Waals surface area contributed by atoms with Crippen molar-refractivity contribution < 1.29 is 14.6 Å². The van der Waals surface area contributed by atoms with Crippen LogP contribution in [0.3, 0.4) is 0 Å². The molecule has 0 spiro atoms. The van der Waals surface area contributed by atoms with Gasteiger partial charge in [0.1, 0.15) is 0 Å². The third kappa shape index (κ3) is 1.46. The van der Waals surface area contributed by atoms with Gasteiger partial charge < -0.3 is 9.84 Å². The number of hydrogen-bond donors (Lipinski definition) is 1. The van der Waals surface area contributed by atoms with E-state index >= 15 is 0 Å². The summed E-state index contributed by atoms with van der Waals surface area (Å²) in [5.41, 5.74) is 1.91. The standard InChI is InChI=1S/C11H16O3/c1-2-14-11(13)9-6-10(12)8-5-3-4-7(8)9/h8,10,12H,2-6H2,1H3/t8-,10-/m0/s1. The van der Waals surface area contributed by atoms with Crippen LogP contribution in [0.4, 0.5) is 0 Å². The smallest absolute Gasteiger partial charge is 0.334 e. The first-order valence-corrected chi connectivity index (χ1v) is 5.31. The van der Waals surface area contributed by atoms with Crippen LogP contribution in [-0.2, 0) is 9.53 Å². The van der Waals surface area contributed by atoms with E-state index in [1.807, 2.05) is 0 Å².